The summed E-state index contributed by atoms with van der Waals surface area (Å²) < 4.78 is 5.26. The summed E-state index contributed by atoms with van der Waals surface area (Å²) in [4.78, 5) is 35.1. The number of hydrogen-bond acceptors (Lipinski definition) is 7. The van der Waals surface area contributed by atoms with Gasteiger partial charge in [-0.2, -0.15) is 16.3 Å². The van der Waals surface area contributed by atoms with Crippen molar-refractivity contribution in [1.82, 2.24) is 24.8 Å². The lowest BCUT2D eigenvalue weighted by atomic mass is 10.2. The van der Waals surface area contributed by atoms with Crippen LogP contribution < -0.4 is 0 Å². The first-order chi connectivity index (χ1) is 13.7. The number of aromatic nitrogens is 2. The number of amides is 2. The van der Waals surface area contributed by atoms with Gasteiger partial charge in [0, 0.05) is 63.1 Å². The smallest absolute Gasteiger partial charge is 0.236 e. The average molecular weight is 404 g/mol. The molecule has 0 spiro atoms. The van der Waals surface area contributed by atoms with Gasteiger partial charge in [-0.15, -0.1) is 0 Å². The van der Waals surface area contributed by atoms with Crippen LogP contribution >= 0.6 is 11.3 Å². The molecule has 8 nitrogen and oxygen atoms in total. The Balaban J connectivity index is 1.19. The summed E-state index contributed by atoms with van der Waals surface area (Å²) in [7, 11) is 0. The molecule has 0 atom stereocenters. The van der Waals surface area contributed by atoms with Crippen molar-refractivity contribution in [2.45, 2.75) is 25.7 Å². The molecule has 0 aliphatic carbocycles. The molecule has 0 N–H and O–H groups in total. The molecule has 150 valence electrons. The first-order valence-corrected chi connectivity index (χ1v) is 10.8. The van der Waals surface area contributed by atoms with Gasteiger partial charge >= 0.3 is 0 Å². The standard InChI is InChI=1S/C19H25N5O3S/c25-17(4-3-16-20-19(21-27-16)15-5-12-28-14-15)24-10-8-22(9-11-24)13-18(26)23-6-1-2-7-23/h5,12,14H,1-4,6-11,13H2. The number of aryl methyl sites for hydroxylation is 1. The van der Waals surface area contributed by atoms with Crippen molar-refractivity contribution in [3.63, 3.8) is 0 Å². The second kappa shape index (κ2) is 8.83. The maximum atomic E-state index is 12.5. The summed E-state index contributed by atoms with van der Waals surface area (Å²) in [5.74, 6) is 1.38. The molecular formula is C19H25N5O3S. The third kappa shape index (κ3) is 4.59. The topological polar surface area (TPSA) is 82.8 Å². The Kier molecular flexibility index (Phi) is 6.01. The van der Waals surface area contributed by atoms with Crippen LogP contribution in [0.25, 0.3) is 11.4 Å². The molecule has 9 heteroatoms. The lowest BCUT2D eigenvalue weighted by Crippen LogP contribution is -2.51. The predicted molar refractivity (Wildman–Crippen MR) is 105 cm³/mol. The van der Waals surface area contributed by atoms with Crippen molar-refractivity contribution in [2.24, 2.45) is 0 Å². The summed E-state index contributed by atoms with van der Waals surface area (Å²) >= 11 is 1.58. The zero-order valence-corrected chi connectivity index (χ0v) is 16.7. The molecule has 2 aliphatic rings. The van der Waals surface area contributed by atoms with Crippen LogP contribution in [0.3, 0.4) is 0 Å². The molecule has 4 heterocycles. The Bertz CT molecular complexity index is 792. The van der Waals surface area contributed by atoms with Crippen molar-refractivity contribution in [3.05, 3.63) is 22.7 Å². The van der Waals surface area contributed by atoms with Crippen molar-refractivity contribution in [1.29, 1.82) is 0 Å². The molecule has 4 rings (SSSR count). The van der Waals surface area contributed by atoms with Crippen molar-refractivity contribution >= 4 is 23.2 Å². The van der Waals surface area contributed by atoms with Crippen molar-refractivity contribution in [2.75, 3.05) is 45.8 Å². The molecule has 0 saturated carbocycles. The zero-order chi connectivity index (χ0) is 19.3. The minimum Gasteiger partial charge on any atom is -0.342 e. The van der Waals surface area contributed by atoms with E-state index in [0.717, 1.165) is 44.6 Å². The van der Waals surface area contributed by atoms with Gasteiger partial charge in [0.2, 0.25) is 23.5 Å². The van der Waals surface area contributed by atoms with Crippen LogP contribution in [0, 0.1) is 0 Å². The molecular weight excluding hydrogens is 378 g/mol. The fraction of sp³-hybridized carbons (Fsp3) is 0.579. The number of piperazine rings is 1. The van der Waals surface area contributed by atoms with E-state index in [0.29, 0.717) is 44.2 Å². The average Bonchev–Trinajstić information content (AvgIpc) is 3.49. The second-order valence-corrected chi connectivity index (χ2v) is 8.05. The molecule has 28 heavy (non-hydrogen) atoms. The van der Waals surface area contributed by atoms with Crippen molar-refractivity contribution in [3.8, 4) is 11.4 Å². The summed E-state index contributed by atoms with van der Waals surface area (Å²) in [6.45, 7) is 5.06. The Morgan fingerprint density at radius 2 is 1.79 bits per heavy atom. The van der Waals surface area contributed by atoms with Gasteiger partial charge in [0.15, 0.2) is 0 Å². The van der Waals surface area contributed by atoms with Crippen LogP contribution in [-0.4, -0.2) is 82.5 Å². The fourth-order valence-electron chi connectivity index (χ4n) is 3.65. The normalized spacial score (nSPS) is 18.0. The molecule has 2 aliphatic heterocycles. The highest BCUT2D eigenvalue weighted by Gasteiger charge is 2.25. The lowest BCUT2D eigenvalue weighted by Gasteiger charge is -2.35. The van der Waals surface area contributed by atoms with Gasteiger partial charge in [-0.3, -0.25) is 14.5 Å². The maximum Gasteiger partial charge on any atom is 0.236 e. The maximum absolute atomic E-state index is 12.5. The molecule has 2 fully saturated rings. The number of rotatable bonds is 6. The highest BCUT2D eigenvalue weighted by atomic mass is 32.1. The number of carbonyl (C=O) groups is 2. The van der Waals surface area contributed by atoms with Crippen LogP contribution in [0.5, 0.6) is 0 Å². The SMILES string of the molecule is O=C(CCc1nc(-c2ccsc2)no1)N1CCN(CC(=O)N2CCCC2)CC1. The first kappa shape index (κ1) is 19.1. The summed E-state index contributed by atoms with van der Waals surface area (Å²) in [6.07, 6.45) is 3.03. The van der Waals surface area contributed by atoms with E-state index in [-0.39, 0.29) is 11.8 Å². The van der Waals surface area contributed by atoms with Crippen LogP contribution in [0.15, 0.2) is 21.3 Å². The van der Waals surface area contributed by atoms with Gasteiger partial charge in [-0.1, -0.05) is 5.16 Å². The summed E-state index contributed by atoms with van der Waals surface area (Å²) in [6, 6.07) is 1.94. The largest absolute Gasteiger partial charge is 0.342 e. The monoisotopic (exact) mass is 403 g/mol. The highest BCUT2D eigenvalue weighted by molar-refractivity contribution is 7.08. The molecule has 0 bridgehead atoms. The zero-order valence-electron chi connectivity index (χ0n) is 15.9. The number of hydrogen-bond donors (Lipinski definition) is 0. The Labute approximate surface area is 168 Å². The summed E-state index contributed by atoms with van der Waals surface area (Å²) in [5.41, 5.74) is 0.936. The third-order valence-corrected chi connectivity index (χ3v) is 6.03. The van der Waals surface area contributed by atoms with E-state index >= 15 is 0 Å². The van der Waals surface area contributed by atoms with Crippen LogP contribution in [-0.2, 0) is 16.0 Å². The van der Waals surface area contributed by atoms with E-state index in [4.69, 9.17) is 4.52 Å². The van der Waals surface area contributed by atoms with Gasteiger partial charge in [0.1, 0.15) is 0 Å². The molecule has 2 saturated heterocycles. The first-order valence-electron chi connectivity index (χ1n) is 9.82. The molecule has 2 amide bonds. The number of carbonyl (C=O) groups excluding carboxylic acids is 2. The molecule has 2 aromatic heterocycles. The Morgan fingerprint density at radius 3 is 2.50 bits per heavy atom. The quantitative estimate of drug-likeness (QED) is 0.727. The molecule has 0 unspecified atom stereocenters. The van der Waals surface area contributed by atoms with Crippen LogP contribution in [0.2, 0.25) is 0 Å². The number of thiophene rings is 1. The number of nitrogens with zero attached hydrogens (tertiary/aromatic N) is 5. The van der Waals surface area contributed by atoms with E-state index < -0.39 is 0 Å². The van der Waals surface area contributed by atoms with E-state index in [9.17, 15) is 9.59 Å². The van der Waals surface area contributed by atoms with Gasteiger partial charge in [0.25, 0.3) is 0 Å². The van der Waals surface area contributed by atoms with Crippen LogP contribution in [0.1, 0.15) is 25.2 Å². The minimum atomic E-state index is 0.0980. The second-order valence-electron chi connectivity index (χ2n) is 7.27. The van der Waals surface area contributed by atoms with Gasteiger partial charge in [0.05, 0.1) is 6.54 Å². The molecule has 0 radical (unpaired) electrons. The summed E-state index contributed by atoms with van der Waals surface area (Å²) in [5, 5.41) is 7.90. The Hall–Kier alpha value is -2.26. The van der Waals surface area contributed by atoms with Crippen molar-refractivity contribution < 1.29 is 14.1 Å². The Morgan fingerprint density at radius 1 is 1.04 bits per heavy atom. The fourth-order valence-corrected chi connectivity index (χ4v) is 4.28. The predicted octanol–water partition coefficient (Wildman–Crippen LogP) is 1.50. The van der Waals surface area contributed by atoms with E-state index in [1.807, 2.05) is 26.6 Å². The van der Waals surface area contributed by atoms with Gasteiger partial charge in [-0.25, -0.2) is 0 Å². The van der Waals surface area contributed by atoms with E-state index in [1.54, 1.807) is 11.3 Å². The molecule has 0 aromatic carbocycles. The third-order valence-electron chi connectivity index (χ3n) is 5.34. The van der Waals surface area contributed by atoms with Crippen LogP contribution in [0.4, 0.5) is 0 Å². The van der Waals surface area contributed by atoms with E-state index in [2.05, 4.69) is 15.0 Å². The minimum absolute atomic E-state index is 0.0980. The van der Waals surface area contributed by atoms with Gasteiger partial charge < -0.3 is 14.3 Å². The molecule has 2 aromatic rings. The van der Waals surface area contributed by atoms with Gasteiger partial charge in [-0.05, 0) is 24.3 Å². The highest BCUT2D eigenvalue weighted by Crippen LogP contribution is 2.19. The lowest BCUT2D eigenvalue weighted by molar-refractivity contribution is -0.134. The van der Waals surface area contributed by atoms with E-state index in [1.165, 1.54) is 0 Å². The number of likely N-dealkylation sites (tertiary alicyclic amines) is 1.